The summed E-state index contributed by atoms with van der Waals surface area (Å²) in [6, 6.07) is 57.5. The number of anilines is 3. The van der Waals surface area contributed by atoms with Crippen molar-refractivity contribution < 1.29 is 0 Å². The standard InChI is InChI=1S/C44H35N/c1-30-13-12-20-40-42(30)39-28-26-36(29-41(39)44(40,2)3)45(34-17-8-5-9-18-34)35-24-21-32(22-25-35)38-27-23-31-14-10-11-19-37(31)43(38)33-15-6-4-7-16-33/h4-29H,1-3H3. The van der Waals surface area contributed by atoms with E-state index in [1.165, 1.54) is 66.5 Å². The maximum Gasteiger partial charge on any atom is 0.0465 e. The van der Waals surface area contributed by atoms with E-state index >= 15 is 0 Å². The highest BCUT2D eigenvalue weighted by atomic mass is 15.1. The van der Waals surface area contributed by atoms with E-state index in [4.69, 9.17) is 0 Å². The molecule has 0 spiro atoms. The van der Waals surface area contributed by atoms with Crippen molar-refractivity contribution in [3.05, 3.63) is 174 Å². The average Bonchev–Trinajstić information content (AvgIpc) is 3.32. The molecule has 0 amide bonds. The molecule has 0 fully saturated rings. The molecular weight excluding hydrogens is 542 g/mol. The zero-order valence-corrected chi connectivity index (χ0v) is 26.0. The molecule has 0 saturated heterocycles. The van der Waals surface area contributed by atoms with Gasteiger partial charge in [-0.3, -0.25) is 0 Å². The number of benzene rings is 7. The SMILES string of the molecule is Cc1cccc2c1-c1ccc(N(c3ccccc3)c3ccc(-c4ccc5ccccc5c4-c4ccccc4)cc3)cc1C2(C)C. The maximum absolute atomic E-state index is 2.41. The second-order valence-corrected chi connectivity index (χ2v) is 12.6. The van der Waals surface area contributed by atoms with Gasteiger partial charge in [0.25, 0.3) is 0 Å². The molecule has 0 aromatic heterocycles. The van der Waals surface area contributed by atoms with E-state index in [2.05, 4.69) is 183 Å². The van der Waals surface area contributed by atoms with Crippen molar-refractivity contribution in [2.45, 2.75) is 26.2 Å². The molecule has 0 saturated carbocycles. The molecule has 1 aliphatic carbocycles. The summed E-state index contributed by atoms with van der Waals surface area (Å²) < 4.78 is 0. The molecule has 7 aromatic rings. The first kappa shape index (κ1) is 27.2. The monoisotopic (exact) mass is 577 g/mol. The fourth-order valence-corrected chi connectivity index (χ4v) is 7.34. The quantitative estimate of drug-likeness (QED) is 0.197. The number of rotatable bonds is 5. The van der Waals surface area contributed by atoms with E-state index in [1.807, 2.05) is 0 Å². The van der Waals surface area contributed by atoms with Crippen LogP contribution in [0.4, 0.5) is 17.1 Å². The minimum Gasteiger partial charge on any atom is -0.310 e. The Morgan fingerprint density at radius 1 is 0.444 bits per heavy atom. The van der Waals surface area contributed by atoms with Crippen LogP contribution >= 0.6 is 0 Å². The Balaban J connectivity index is 1.25. The van der Waals surface area contributed by atoms with Crippen molar-refractivity contribution in [3.8, 4) is 33.4 Å². The third-order valence-electron chi connectivity index (χ3n) is 9.59. The highest BCUT2D eigenvalue weighted by Crippen LogP contribution is 2.51. The average molecular weight is 578 g/mol. The Kier molecular flexibility index (Phi) is 6.43. The first-order chi connectivity index (χ1) is 22.0. The van der Waals surface area contributed by atoms with Crippen LogP contribution in [0.15, 0.2) is 158 Å². The molecule has 0 N–H and O–H groups in total. The van der Waals surface area contributed by atoms with Gasteiger partial charge in [-0.05, 0) is 104 Å². The summed E-state index contributed by atoms with van der Waals surface area (Å²) in [6.45, 7) is 6.95. The molecule has 1 aliphatic rings. The molecule has 216 valence electrons. The summed E-state index contributed by atoms with van der Waals surface area (Å²) >= 11 is 0. The van der Waals surface area contributed by atoms with E-state index in [0.717, 1.165) is 11.4 Å². The van der Waals surface area contributed by atoms with Crippen LogP contribution in [0, 0.1) is 6.92 Å². The lowest BCUT2D eigenvalue weighted by Gasteiger charge is -2.28. The van der Waals surface area contributed by atoms with Crippen molar-refractivity contribution in [1.29, 1.82) is 0 Å². The highest BCUT2D eigenvalue weighted by Gasteiger charge is 2.36. The topological polar surface area (TPSA) is 3.24 Å². The Labute approximate surface area is 266 Å². The summed E-state index contributed by atoms with van der Waals surface area (Å²) in [5.41, 5.74) is 15.2. The van der Waals surface area contributed by atoms with E-state index in [1.54, 1.807) is 0 Å². The van der Waals surface area contributed by atoms with Crippen molar-refractivity contribution in [1.82, 2.24) is 0 Å². The molecule has 0 heterocycles. The van der Waals surface area contributed by atoms with Gasteiger partial charge in [0.1, 0.15) is 0 Å². The molecule has 0 radical (unpaired) electrons. The zero-order valence-electron chi connectivity index (χ0n) is 26.0. The molecule has 1 nitrogen and oxygen atoms in total. The molecule has 0 unspecified atom stereocenters. The first-order valence-corrected chi connectivity index (χ1v) is 15.8. The smallest absolute Gasteiger partial charge is 0.0465 e. The summed E-state index contributed by atoms with van der Waals surface area (Å²) in [6.07, 6.45) is 0. The van der Waals surface area contributed by atoms with Gasteiger partial charge in [-0.25, -0.2) is 0 Å². The predicted molar refractivity (Wildman–Crippen MR) is 192 cm³/mol. The van der Waals surface area contributed by atoms with Crippen LogP contribution in [0.2, 0.25) is 0 Å². The molecular formula is C44H35N. The van der Waals surface area contributed by atoms with Gasteiger partial charge < -0.3 is 4.90 Å². The van der Waals surface area contributed by atoms with E-state index in [9.17, 15) is 0 Å². The number of hydrogen-bond donors (Lipinski definition) is 0. The van der Waals surface area contributed by atoms with Gasteiger partial charge in [0.2, 0.25) is 0 Å². The number of nitrogens with zero attached hydrogens (tertiary/aromatic N) is 1. The van der Waals surface area contributed by atoms with Gasteiger partial charge in [-0.1, -0.05) is 135 Å². The van der Waals surface area contributed by atoms with Crippen LogP contribution in [-0.4, -0.2) is 0 Å². The third kappa shape index (κ3) is 4.47. The summed E-state index contributed by atoms with van der Waals surface area (Å²) in [7, 11) is 0. The minimum atomic E-state index is -0.0666. The largest absolute Gasteiger partial charge is 0.310 e. The molecule has 1 heteroatoms. The molecule has 7 aromatic carbocycles. The Bertz CT molecular complexity index is 2170. The normalized spacial score (nSPS) is 13.0. The van der Waals surface area contributed by atoms with Gasteiger partial charge in [0.15, 0.2) is 0 Å². The van der Waals surface area contributed by atoms with E-state index < -0.39 is 0 Å². The number of para-hydroxylation sites is 1. The second-order valence-electron chi connectivity index (χ2n) is 12.6. The van der Waals surface area contributed by atoms with E-state index in [-0.39, 0.29) is 5.41 Å². The number of hydrogen-bond acceptors (Lipinski definition) is 1. The van der Waals surface area contributed by atoms with Gasteiger partial charge in [-0.15, -0.1) is 0 Å². The summed E-state index contributed by atoms with van der Waals surface area (Å²) in [5, 5.41) is 2.53. The molecule has 0 atom stereocenters. The zero-order chi connectivity index (χ0) is 30.5. The van der Waals surface area contributed by atoms with Crippen LogP contribution in [0.25, 0.3) is 44.2 Å². The third-order valence-corrected chi connectivity index (χ3v) is 9.59. The van der Waals surface area contributed by atoms with E-state index in [0.29, 0.717) is 0 Å². The van der Waals surface area contributed by atoms with Gasteiger partial charge in [-0.2, -0.15) is 0 Å². The van der Waals surface area contributed by atoms with Crippen LogP contribution < -0.4 is 4.90 Å². The van der Waals surface area contributed by atoms with Crippen LogP contribution in [0.5, 0.6) is 0 Å². The fraction of sp³-hybridized carbons (Fsp3) is 0.0909. The Morgan fingerprint density at radius 2 is 1.09 bits per heavy atom. The predicted octanol–water partition coefficient (Wildman–Crippen LogP) is 12.3. The molecule has 8 rings (SSSR count). The highest BCUT2D eigenvalue weighted by molar-refractivity contribution is 6.04. The van der Waals surface area contributed by atoms with Gasteiger partial charge in [0, 0.05) is 22.5 Å². The van der Waals surface area contributed by atoms with Crippen molar-refractivity contribution in [2.75, 3.05) is 4.90 Å². The molecule has 0 bridgehead atoms. The van der Waals surface area contributed by atoms with Crippen molar-refractivity contribution in [2.24, 2.45) is 0 Å². The lowest BCUT2D eigenvalue weighted by atomic mass is 9.82. The first-order valence-electron chi connectivity index (χ1n) is 15.8. The Morgan fingerprint density at radius 3 is 1.87 bits per heavy atom. The molecule has 45 heavy (non-hydrogen) atoms. The minimum absolute atomic E-state index is 0.0666. The maximum atomic E-state index is 2.41. The lowest BCUT2D eigenvalue weighted by molar-refractivity contribution is 0.660. The van der Waals surface area contributed by atoms with Crippen molar-refractivity contribution >= 4 is 27.8 Å². The summed E-state index contributed by atoms with van der Waals surface area (Å²) in [5.74, 6) is 0. The second kappa shape index (κ2) is 10.6. The summed E-state index contributed by atoms with van der Waals surface area (Å²) in [4.78, 5) is 2.38. The Hall–Kier alpha value is -5.40. The van der Waals surface area contributed by atoms with Gasteiger partial charge >= 0.3 is 0 Å². The molecule has 0 aliphatic heterocycles. The van der Waals surface area contributed by atoms with Gasteiger partial charge in [0.05, 0.1) is 0 Å². The number of fused-ring (bicyclic) bond motifs is 4. The van der Waals surface area contributed by atoms with Crippen LogP contribution in [0.3, 0.4) is 0 Å². The number of aryl methyl sites for hydroxylation is 1. The van der Waals surface area contributed by atoms with Crippen molar-refractivity contribution in [3.63, 3.8) is 0 Å². The van der Waals surface area contributed by atoms with Crippen LogP contribution in [0.1, 0.15) is 30.5 Å². The lowest BCUT2D eigenvalue weighted by Crippen LogP contribution is -2.16. The fourth-order valence-electron chi connectivity index (χ4n) is 7.34. The van der Waals surface area contributed by atoms with Crippen LogP contribution in [-0.2, 0) is 5.41 Å².